The monoisotopic (exact) mass is 320 g/mol. The topological polar surface area (TPSA) is 45.4 Å². The van der Waals surface area contributed by atoms with Gasteiger partial charge in [0.15, 0.2) is 5.13 Å². The first-order valence-electron chi connectivity index (χ1n) is 7.18. The standard InChI is InChI=1S/C15H20N4S2/c16-15-17-12-14(21-15)20-11-10-18-6-8-19(9-7-18)13-4-2-1-3-5-13/h1-5,12H,6-11H2,(H2,16,17). The molecule has 6 heteroatoms. The summed E-state index contributed by atoms with van der Waals surface area (Å²) < 4.78 is 1.22. The maximum absolute atomic E-state index is 5.64. The van der Waals surface area contributed by atoms with E-state index in [0.717, 1.165) is 38.5 Å². The molecule has 0 bridgehead atoms. The third-order valence-electron chi connectivity index (χ3n) is 3.65. The van der Waals surface area contributed by atoms with E-state index in [-0.39, 0.29) is 0 Å². The van der Waals surface area contributed by atoms with Crippen LogP contribution in [0.5, 0.6) is 0 Å². The van der Waals surface area contributed by atoms with Crippen molar-refractivity contribution in [2.75, 3.05) is 49.1 Å². The fourth-order valence-electron chi connectivity index (χ4n) is 2.48. The predicted molar refractivity (Wildman–Crippen MR) is 92.3 cm³/mol. The van der Waals surface area contributed by atoms with Gasteiger partial charge in [0, 0.05) is 44.2 Å². The summed E-state index contributed by atoms with van der Waals surface area (Å²) >= 11 is 3.43. The average molecular weight is 320 g/mol. The van der Waals surface area contributed by atoms with Gasteiger partial charge in [-0.2, -0.15) is 0 Å². The normalized spacial score (nSPS) is 16.3. The first kappa shape index (κ1) is 14.7. The number of hydrogen-bond acceptors (Lipinski definition) is 6. The highest BCUT2D eigenvalue weighted by molar-refractivity contribution is 8.01. The van der Waals surface area contributed by atoms with Gasteiger partial charge < -0.3 is 10.6 Å². The van der Waals surface area contributed by atoms with Gasteiger partial charge in [0.2, 0.25) is 0 Å². The molecule has 112 valence electrons. The Balaban J connectivity index is 1.40. The molecule has 1 saturated heterocycles. The molecule has 1 aromatic heterocycles. The summed E-state index contributed by atoms with van der Waals surface area (Å²) in [7, 11) is 0. The number of para-hydroxylation sites is 1. The van der Waals surface area contributed by atoms with Crippen molar-refractivity contribution in [1.82, 2.24) is 9.88 Å². The first-order chi connectivity index (χ1) is 10.3. The Morgan fingerprint density at radius 1 is 1.14 bits per heavy atom. The zero-order valence-corrected chi connectivity index (χ0v) is 13.6. The first-order valence-corrected chi connectivity index (χ1v) is 8.98. The second-order valence-electron chi connectivity index (χ2n) is 5.03. The van der Waals surface area contributed by atoms with Crippen LogP contribution in [0.3, 0.4) is 0 Å². The zero-order chi connectivity index (χ0) is 14.5. The van der Waals surface area contributed by atoms with Gasteiger partial charge in [0.05, 0.1) is 10.4 Å². The zero-order valence-electron chi connectivity index (χ0n) is 11.9. The summed E-state index contributed by atoms with van der Waals surface area (Å²) in [5.41, 5.74) is 6.98. The molecule has 0 spiro atoms. The van der Waals surface area contributed by atoms with Crippen LogP contribution in [0.2, 0.25) is 0 Å². The lowest BCUT2D eigenvalue weighted by molar-refractivity contribution is 0.273. The minimum absolute atomic E-state index is 0.661. The van der Waals surface area contributed by atoms with Gasteiger partial charge in [-0.25, -0.2) is 4.98 Å². The van der Waals surface area contributed by atoms with E-state index in [0.29, 0.717) is 5.13 Å². The molecule has 1 aliphatic heterocycles. The van der Waals surface area contributed by atoms with Gasteiger partial charge in [-0.3, -0.25) is 4.90 Å². The van der Waals surface area contributed by atoms with Crippen molar-refractivity contribution in [2.24, 2.45) is 0 Å². The van der Waals surface area contributed by atoms with Crippen LogP contribution in [0.4, 0.5) is 10.8 Å². The Bertz CT molecular complexity index is 550. The van der Waals surface area contributed by atoms with Crippen molar-refractivity contribution in [3.63, 3.8) is 0 Å². The highest BCUT2D eigenvalue weighted by Crippen LogP contribution is 2.26. The number of rotatable bonds is 5. The molecule has 0 unspecified atom stereocenters. The third kappa shape index (κ3) is 4.12. The highest BCUT2D eigenvalue weighted by Gasteiger charge is 2.16. The molecule has 2 aromatic rings. The maximum Gasteiger partial charge on any atom is 0.181 e. The summed E-state index contributed by atoms with van der Waals surface area (Å²) in [6.45, 7) is 5.63. The lowest BCUT2D eigenvalue weighted by Gasteiger charge is -2.36. The van der Waals surface area contributed by atoms with Crippen molar-refractivity contribution in [3.05, 3.63) is 36.5 Å². The van der Waals surface area contributed by atoms with Crippen LogP contribution >= 0.6 is 23.1 Å². The van der Waals surface area contributed by atoms with E-state index in [1.165, 1.54) is 9.90 Å². The Labute approximate surface area is 134 Å². The highest BCUT2D eigenvalue weighted by atomic mass is 32.2. The number of aromatic nitrogens is 1. The van der Waals surface area contributed by atoms with E-state index in [4.69, 9.17) is 5.73 Å². The SMILES string of the molecule is Nc1ncc(SCCN2CCN(c3ccccc3)CC2)s1. The van der Waals surface area contributed by atoms with Gasteiger partial charge >= 0.3 is 0 Å². The number of nitrogens with zero attached hydrogens (tertiary/aromatic N) is 3. The molecule has 1 aliphatic rings. The molecule has 0 aliphatic carbocycles. The molecule has 0 atom stereocenters. The molecule has 1 fully saturated rings. The van der Waals surface area contributed by atoms with E-state index in [2.05, 4.69) is 45.1 Å². The van der Waals surface area contributed by atoms with E-state index >= 15 is 0 Å². The Morgan fingerprint density at radius 2 is 1.90 bits per heavy atom. The summed E-state index contributed by atoms with van der Waals surface area (Å²) in [4.78, 5) is 9.09. The summed E-state index contributed by atoms with van der Waals surface area (Å²) in [6.07, 6.45) is 1.87. The molecular weight excluding hydrogens is 300 g/mol. The van der Waals surface area contributed by atoms with Gasteiger partial charge in [0.1, 0.15) is 0 Å². The molecule has 0 radical (unpaired) electrons. The van der Waals surface area contributed by atoms with E-state index in [1.54, 1.807) is 11.3 Å². The van der Waals surface area contributed by atoms with Gasteiger partial charge in [-0.15, -0.1) is 11.8 Å². The molecule has 3 rings (SSSR count). The van der Waals surface area contributed by atoms with Crippen molar-refractivity contribution in [2.45, 2.75) is 4.21 Å². The second kappa shape index (κ2) is 7.15. The average Bonchev–Trinajstić information content (AvgIpc) is 2.94. The van der Waals surface area contributed by atoms with Crippen LogP contribution in [-0.2, 0) is 0 Å². The van der Waals surface area contributed by atoms with Gasteiger partial charge in [-0.1, -0.05) is 29.5 Å². The molecule has 4 nitrogen and oxygen atoms in total. The predicted octanol–water partition coefficient (Wildman–Crippen LogP) is 2.64. The fourth-order valence-corrected chi connectivity index (χ4v) is 4.32. The number of anilines is 2. The van der Waals surface area contributed by atoms with Crippen molar-refractivity contribution in [3.8, 4) is 0 Å². The quantitative estimate of drug-likeness (QED) is 0.858. The Hall–Kier alpha value is -1.24. The van der Waals surface area contributed by atoms with Crippen LogP contribution in [0, 0.1) is 0 Å². The Kier molecular flexibility index (Phi) is 5.00. The third-order valence-corrected chi connectivity index (χ3v) is 5.65. The molecule has 2 heterocycles. The van der Waals surface area contributed by atoms with Crippen LogP contribution < -0.4 is 10.6 Å². The summed E-state index contributed by atoms with van der Waals surface area (Å²) in [6, 6.07) is 10.7. The molecule has 21 heavy (non-hydrogen) atoms. The van der Waals surface area contributed by atoms with Crippen LogP contribution in [0.15, 0.2) is 40.7 Å². The lowest BCUT2D eigenvalue weighted by Crippen LogP contribution is -2.47. The summed E-state index contributed by atoms with van der Waals surface area (Å²) in [5, 5.41) is 0.661. The number of nitrogen functional groups attached to an aromatic ring is 1. The van der Waals surface area contributed by atoms with Crippen molar-refractivity contribution in [1.29, 1.82) is 0 Å². The molecule has 0 saturated carbocycles. The molecular formula is C15H20N4S2. The molecule has 2 N–H and O–H groups in total. The van der Waals surface area contributed by atoms with Gasteiger partial charge in [-0.05, 0) is 12.1 Å². The minimum Gasteiger partial charge on any atom is -0.375 e. The minimum atomic E-state index is 0.661. The van der Waals surface area contributed by atoms with Gasteiger partial charge in [0.25, 0.3) is 0 Å². The Morgan fingerprint density at radius 3 is 2.57 bits per heavy atom. The van der Waals surface area contributed by atoms with E-state index < -0.39 is 0 Å². The van der Waals surface area contributed by atoms with Crippen LogP contribution in [0.1, 0.15) is 0 Å². The summed E-state index contributed by atoms with van der Waals surface area (Å²) in [5.74, 6) is 1.10. The second-order valence-corrected chi connectivity index (χ2v) is 7.49. The number of benzene rings is 1. The number of thioether (sulfide) groups is 1. The molecule has 1 aromatic carbocycles. The van der Waals surface area contributed by atoms with Crippen LogP contribution in [0.25, 0.3) is 0 Å². The smallest absolute Gasteiger partial charge is 0.181 e. The van der Waals surface area contributed by atoms with Crippen LogP contribution in [-0.4, -0.2) is 48.4 Å². The lowest BCUT2D eigenvalue weighted by atomic mass is 10.2. The molecule has 0 amide bonds. The van der Waals surface area contributed by atoms with Crippen molar-refractivity contribution >= 4 is 33.9 Å². The number of nitrogens with two attached hydrogens (primary N) is 1. The number of piperazine rings is 1. The van der Waals surface area contributed by atoms with E-state index in [1.807, 2.05) is 18.0 Å². The van der Waals surface area contributed by atoms with E-state index in [9.17, 15) is 0 Å². The van der Waals surface area contributed by atoms with Crippen molar-refractivity contribution < 1.29 is 0 Å². The fraction of sp³-hybridized carbons (Fsp3) is 0.400. The maximum atomic E-state index is 5.64. The largest absolute Gasteiger partial charge is 0.375 e. The number of hydrogen-bond donors (Lipinski definition) is 1. The number of thiazole rings is 1.